The van der Waals surface area contributed by atoms with Crippen molar-refractivity contribution in [1.29, 1.82) is 0 Å². The molecule has 152 valence electrons. The molecule has 1 aliphatic heterocycles. The topological polar surface area (TPSA) is 50.6 Å². The standard InChI is InChI=1S/C24H28N2O2S/c1-18-12-13-19(2)24(16-18)29(27,28)25-17-23(26-14-5-6-15-26)22-11-7-9-20-8-3-4-10-21(20)22/h3-4,7-13,16,23,25H,5-6,14-15,17H2,1-2H3/p+1/t23-/m0/s1. The normalized spacial score (nSPS) is 16.3. The minimum absolute atomic E-state index is 0.100. The number of hydrogen-bond donors (Lipinski definition) is 2. The SMILES string of the molecule is Cc1ccc(C)c(S(=O)(=O)NC[C@@H](c2cccc3ccccc23)[NH+]2CCCC2)c1. The highest BCUT2D eigenvalue weighted by Crippen LogP contribution is 2.24. The predicted octanol–water partition coefficient (Wildman–Crippen LogP) is 3.15. The van der Waals surface area contributed by atoms with E-state index in [1.165, 1.54) is 34.1 Å². The van der Waals surface area contributed by atoms with Gasteiger partial charge in [-0.25, -0.2) is 13.1 Å². The van der Waals surface area contributed by atoms with E-state index in [2.05, 4.69) is 41.1 Å². The Balaban J connectivity index is 1.67. The lowest BCUT2D eigenvalue weighted by Crippen LogP contribution is -3.11. The van der Waals surface area contributed by atoms with E-state index >= 15 is 0 Å². The Kier molecular flexibility index (Phi) is 5.72. The monoisotopic (exact) mass is 409 g/mol. The van der Waals surface area contributed by atoms with E-state index in [4.69, 9.17) is 0 Å². The number of nitrogens with one attached hydrogen (secondary N) is 2. The van der Waals surface area contributed by atoms with Crippen LogP contribution in [0.5, 0.6) is 0 Å². The molecular formula is C24H29N2O2S+. The van der Waals surface area contributed by atoms with Crippen LogP contribution in [0.15, 0.2) is 65.6 Å². The first-order valence-electron chi connectivity index (χ1n) is 10.3. The maximum Gasteiger partial charge on any atom is 0.241 e. The van der Waals surface area contributed by atoms with Gasteiger partial charge in [0.25, 0.3) is 0 Å². The summed E-state index contributed by atoms with van der Waals surface area (Å²) in [6.45, 7) is 6.34. The lowest BCUT2D eigenvalue weighted by atomic mass is 9.98. The molecule has 1 saturated heterocycles. The summed E-state index contributed by atoms with van der Waals surface area (Å²) in [5.74, 6) is 0. The highest BCUT2D eigenvalue weighted by Gasteiger charge is 2.30. The summed E-state index contributed by atoms with van der Waals surface area (Å²) in [7, 11) is -3.56. The summed E-state index contributed by atoms with van der Waals surface area (Å²) in [5, 5.41) is 2.41. The summed E-state index contributed by atoms with van der Waals surface area (Å²) < 4.78 is 29.1. The van der Waals surface area contributed by atoms with Gasteiger partial charge in [0.15, 0.2) is 0 Å². The van der Waals surface area contributed by atoms with Crippen LogP contribution in [0.25, 0.3) is 10.8 Å². The number of fused-ring (bicyclic) bond motifs is 1. The van der Waals surface area contributed by atoms with Gasteiger partial charge >= 0.3 is 0 Å². The van der Waals surface area contributed by atoms with Crippen LogP contribution in [0, 0.1) is 13.8 Å². The average Bonchev–Trinajstić information content (AvgIpc) is 3.24. The van der Waals surface area contributed by atoms with Crippen molar-refractivity contribution in [3.63, 3.8) is 0 Å². The van der Waals surface area contributed by atoms with Crippen LogP contribution in [0.3, 0.4) is 0 Å². The molecule has 4 rings (SSSR count). The summed E-state index contributed by atoms with van der Waals surface area (Å²) in [4.78, 5) is 1.84. The number of benzene rings is 3. The summed E-state index contributed by atoms with van der Waals surface area (Å²) in [6.07, 6.45) is 2.39. The zero-order valence-corrected chi connectivity index (χ0v) is 17.9. The van der Waals surface area contributed by atoms with Crippen molar-refractivity contribution in [2.45, 2.75) is 37.6 Å². The van der Waals surface area contributed by atoms with Crippen LogP contribution in [0.2, 0.25) is 0 Å². The molecule has 5 heteroatoms. The van der Waals surface area contributed by atoms with E-state index in [-0.39, 0.29) is 6.04 Å². The molecule has 3 aromatic rings. The van der Waals surface area contributed by atoms with Gasteiger partial charge in [0.05, 0.1) is 24.5 Å². The van der Waals surface area contributed by atoms with Gasteiger partial charge in [-0.15, -0.1) is 0 Å². The molecule has 1 atom stereocenters. The Morgan fingerprint density at radius 2 is 1.69 bits per heavy atom. The fourth-order valence-corrected chi connectivity index (χ4v) is 5.85. The van der Waals surface area contributed by atoms with Crippen LogP contribution >= 0.6 is 0 Å². The third-order valence-electron chi connectivity index (χ3n) is 6.05. The zero-order valence-electron chi connectivity index (χ0n) is 17.1. The Hall–Kier alpha value is -2.21. The third kappa shape index (κ3) is 4.22. The Morgan fingerprint density at radius 1 is 0.966 bits per heavy atom. The second-order valence-electron chi connectivity index (χ2n) is 8.11. The van der Waals surface area contributed by atoms with Crippen molar-refractivity contribution in [3.8, 4) is 0 Å². The number of quaternary nitrogens is 1. The second kappa shape index (κ2) is 8.27. The van der Waals surface area contributed by atoms with Crippen LogP contribution in [-0.4, -0.2) is 28.1 Å². The molecule has 2 N–H and O–H groups in total. The van der Waals surface area contributed by atoms with E-state index in [1.807, 2.05) is 32.0 Å². The fraction of sp³-hybridized carbons (Fsp3) is 0.333. The molecule has 0 radical (unpaired) electrons. The Morgan fingerprint density at radius 3 is 2.48 bits per heavy atom. The molecular weight excluding hydrogens is 380 g/mol. The van der Waals surface area contributed by atoms with Crippen LogP contribution in [0.1, 0.15) is 35.6 Å². The maximum atomic E-state index is 13.1. The minimum Gasteiger partial charge on any atom is -0.328 e. The van der Waals surface area contributed by atoms with E-state index in [1.54, 1.807) is 6.07 Å². The molecule has 0 saturated carbocycles. The molecule has 4 nitrogen and oxygen atoms in total. The van der Waals surface area contributed by atoms with Gasteiger partial charge in [0.1, 0.15) is 6.04 Å². The quantitative estimate of drug-likeness (QED) is 0.657. The molecule has 1 aliphatic rings. The molecule has 1 heterocycles. The van der Waals surface area contributed by atoms with Crippen molar-refractivity contribution >= 4 is 20.8 Å². The van der Waals surface area contributed by atoms with E-state index in [9.17, 15) is 8.42 Å². The molecule has 0 aromatic heterocycles. The first-order chi connectivity index (χ1) is 14.0. The zero-order chi connectivity index (χ0) is 20.4. The molecule has 0 bridgehead atoms. The Labute approximate surface area is 173 Å². The van der Waals surface area contributed by atoms with E-state index in [0.29, 0.717) is 11.4 Å². The van der Waals surface area contributed by atoms with Crippen molar-refractivity contribution in [3.05, 3.63) is 77.4 Å². The van der Waals surface area contributed by atoms with Gasteiger partial charge in [-0.3, -0.25) is 0 Å². The fourth-order valence-electron chi connectivity index (χ4n) is 4.47. The average molecular weight is 410 g/mol. The summed E-state index contributed by atoms with van der Waals surface area (Å²) in [6, 6.07) is 20.4. The van der Waals surface area contributed by atoms with Gasteiger partial charge in [-0.1, -0.05) is 54.6 Å². The van der Waals surface area contributed by atoms with Crippen molar-refractivity contribution in [2.75, 3.05) is 19.6 Å². The largest absolute Gasteiger partial charge is 0.328 e. The Bertz CT molecular complexity index is 1110. The van der Waals surface area contributed by atoms with Crippen LogP contribution < -0.4 is 9.62 Å². The van der Waals surface area contributed by atoms with Gasteiger partial charge < -0.3 is 4.90 Å². The number of aryl methyl sites for hydroxylation is 2. The van der Waals surface area contributed by atoms with Crippen molar-refractivity contribution in [2.24, 2.45) is 0 Å². The van der Waals surface area contributed by atoms with Gasteiger partial charge in [-0.05, 0) is 41.8 Å². The predicted molar refractivity (Wildman–Crippen MR) is 118 cm³/mol. The number of sulfonamides is 1. The molecule has 0 aliphatic carbocycles. The van der Waals surface area contributed by atoms with E-state index in [0.717, 1.165) is 24.2 Å². The molecule has 1 fully saturated rings. The molecule has 29 heavy (non-hydrogen) atoms. The third-order valence-corrected chi connectivity index (χ3v) is 7.61. The number of hydrogen-bond acceptors (Lipinski definition) is 2. The number of likely N-dealkylation sites (tertiary alicyclic amines) is 1. The van der Waals surface area contributed by atoms with Crippen LogP contribution in [-0.2, 0) is 10.0 Å². The van der Waals surface area contributed by atoms with Crippen LogP contribution in [0.4, 0.5) is 0 Å². The molecule has 0 unspecified atom stereocenters. The first kappa shape index (κ1) is 20.1. The first-order valence-corrected chi connectivity index (χ1v) is 11.8. The highest BCUT2D eigenvalue weighted by atomic mass is 32.2. The molecule has 3 aromatic carbocycles. The van der Waals surface area contributed by atoms with Gasteiger partial charge in [0.2, 0.25) is 10.0 Å². The molecule has 0 amide bonds. The number of rotatable bonds is 6. The van der Waals surface area contributed by atoms with Crippen molar-refractivity contribution in [1.82, 2.24) is 4.72 Å². The maximum absolute atomic E-state index is 13.1. The van der Waals surface area contributed by atoms with E-state index < -0.39 is 10.0 Å². The molecule has 0 spiro atoms. The lowest BCUT2D eigenvalue weighted by Gasteiger charge is -2.26. The highest BCUT2D eigenvalue weighted by molar-refractivity contribution is 7.89. The van der Waals surface area contributed by atoms with Gasteiger partial charge in [-0.2, -0.15) is 0 Å². The summed E-state index contributed by atoms with van der Waals surface area (Å²) >= 11 is 0. The minimum atomic E-state index is -3.56. The second-order valence-corrected chi connectivity index (χ2v) is 9.84. The smallest absolute Gasteiger partial charge is 0.241 e. The summed E-state index contributed by atoms with van der Waals surface area (Å²) in [5.41, 5.74) is 2.95. The lowest BCUT2D eigenvalue weighted by molar-refractivity contribution is -0.918. The van der Waals surface area contributed by atoms with Gasteiger partial charge in [0, 0.05) is 18.4 Å². The van der Waals surface area contributed by atoms with Crippen molar-refractivity contribution < 1.29 is 13.3 Å².